The number of aryl methyl sites for hydroxylation is 1. The number of nitrogens with zero attached hydrogens (tertiary/aromatic N) is 3. The van der Waals surface area contributed by atoms with E-state index in [1.165, 1.54) is 5.56 Å². The molecule has 2 amide bonds. The molecular formula is C24H25N3O2. The normalized spacial score (nSPS) is 13.9. The predicted octanol–water partition coefficient (Wildman–Crippen LogP) is 3.90. The van der Waals surface area contributed by atoms with Crippen molar-refractivity contribution in [2.75, 3.05) is 26.7 Å². The topological polar surface area (TPSA) is 53.5 Å². The fourth-order valence-corrected chi connectivity index (χ4v) is 3.74. The molecule has 0 spiro atoms. The Morgan fingerprint density at radius 2 is 1.90 bits per heavy atom. The van der Waals surface area contributed by atoms with Crippen LogP contribution in [0.4, 0.5) is 0 Å². The smallest absolute Gasteiger partial charge is 0.254 e. The summed E-state index contributed by atoms with van der Waals surface area (Å²) in [5.41, 5.74) is 4.40. The molecule has 5 nitrogen and oxygen atoms in total. The maximum absolute atomic E-state index is 13.3. The van der Waals surface area contributed by atoms with Crippen LogP contribution in [-0.4, -0.2) is 53.3 Å². The maximum Gasteiger partial charge on any atom is 0.254 e. The molecular weight excluding hydrogens is 362 g/mol. The average Bonchev–Trinajstić information content (AvgIpc) is 3.16. The molecule has 0 bridgehead atoms. The number of hydrogen-bond acceptors (Lipinski definition) is 3. The van der Waals surface area contributed by atoms with Gasteiger partial charge in [-0.25, -0.2) is 4.98 Å². The Balaban J connectivity index is 1.65. The molecule has 148 valence electrons. The molecule has 0 N–H and O–H groups in total. The van der Waals surface area contributed by atoms with Crippen LogP contribution in [0.5, 0.6) is 0 Å². The number of hydrogen-bond donors (Lipinski definition) is 0. The van der Waals surface area contributed by atoms with Crippen molar-refractivity contribution in [1.29, 1.82) is 0 Å². The Morgan fingerprint density at radius 3 is 2.62 bits per heavy atom. The van der Waals surface area contributed by atoms with Gasteiger partial charge in [-0.05, 0) is 25.5 Å². The van der Waals surface area contributed by atoms with Crippen molar-refractivity contribution in [3.05, 3.63) is 65.7 Å². The molecule has 3 aromatic rings. The lowest BCUT2D eigenvalue weighted by Crippen LogP contribution is -2.37. The monoisotopic (exact) mass is 387 g/mol. The number of carbonyl (C=O) groups excluding carboxylic acids is 2. The third kappa shape index (κ3) is 3.99. The highest BCUT2D eigenvalue weighted by atomic mass is 16.2. The minimum atomic E-state index is -0.0522. The van der Waals surface area contributed by atoms with Crippen molar-refractivity contribution in [2.45, 2.75) is 19.8 Å². The fourth-order valence-electron chi connectivity index (χ4n) is 3.74. The van der Waals surface area contributed by atoms with Gasteiger partial charge < -0.3 is 9.80 Å². The molecule has 0 unspecified atom stereocenters. The molecule has 1 fully saturated rings. The lowest BCUT2D eigenvalue weighted by Gasteiger charge is -2.22. The summed E-state index contributed by atoms with van der Waals surface area (Å²) in [7, 11) is 1.80. The van der Waals surface area contributed by atoms with Crippen molar-refractivity contribution in [3.8, 4) is 11.3 Å². The van der Waals surface area contributed by atoms with Crippen LogP contribution in [0.3, 0.4) is 0 Å². The number of benzene rings is 2. The van der Waals surface area contributed by atoms with E-state index in [0.29, 0.717) is 25.1 Å². The van der Waals surface area contributed by atoms with Crippen molar-refractivity contribution >= 4 is 22.7 Å². The number of pyridine rings is 1. The lowest BCUT2D eigenvalue weighted by atomic mass is 10.0. The van der Waals surface area contributed by atoms with Gasteiger partial charge in [0, 0.05) is 44.1 Å². The zero-order valence-electron chi connectivity index (χ0n) is 16.9. The van der Waals surface area contributed by atoms with E-state index in [1.54, 1.807) is 11.9 Å². The maximum atomic E-state index is 13.3. The molecule has 0 atom stereocenters. The summed E-state index contributed by atoms with van der Waals surface area (Å²) in [4.78, 5) is 33.4. The summed E-state index contributed by atoms with van der Waals surface area (Å²) in [5.74, 6) is 0.130. The first-order chi connectivity index (χ1) is 14.0. The van der Waals surface area contributed by atoms with Gasteiger partial charge in [0.05, 0.1) is 16.8 Å². The van der Waals surface area contributed by atoms with Crippen LogP contribution in [0.2, 0.25) is 0 Å². The van der Waals surface area contributed by atoms with Gasteiger partial charge in [-0.15, -0.1) is 0 Å². The second kappa shape index (κ2) is 8.03. The Kier molecular flexibility index (Phi) is 5.30. The van der Waals surface area contributed by atoms with Crippen LogP contribution in [0.15, 0.2) is 54.6 Å². The Labute approximate surface area is 171 Å². The SMILES string of the molecule is Cc1ccc(-c2cc(C(=O)N(C)CCN3CCCC3=O)c3ccccc3n2)cc1. The van der Waals surface area contributed by atoms with Gasteiger partial charge >= 0.3 is 0 Å². The van der Waals surface area contributed by atoms with E-state index in [0.717, 1.165) is 35.1 Å². The third-order valence-electron chi connectivity index (χ3n) is 5.52. The third-order valence-corrected chi connectivity index (χ3v) is 5.52. The van der Waals surface area contributed by atoms with Crippen molar-refractivity contribution in [1.82, 2.24) is 14.8 Å². The van der Waals surface area contributed by atoms with Gasteiger partial charge in [-0.3, -0.25) is 9.59 Å². The first kappa shape index (κ1) is 19.1. The minimum absolute atomic E-state index is 0.0522. The summed E-state index contributed by atoms with van der Waals surface area (Å²) in [6, 6.07) is 17.8. The summed E-state index contributed by atoms with van der Waals surface area (Å²) in [6.07, 6.45) is 1.53. The Hall–Kier alpha value is -3.21. The van der Waals surface area contributed by atoms with E-state index >= 15 is 0 Å². The molecule has 2 aromatic carbocycles. The summed E-state index contributed by atoms with van der Waals surface area (Å²) in [6.45, 7) is 3.93. The van der Waals surface area contributed by atoms with Crippen molar-refractivity contribution in [2.24, 2.45) is 0 Å². The largest absolute Gasteiger partial charge is 0.341 e. The molecule has 1 aliphatic heterocycles. The Bertz CT molecular complexity index is 1060. The summed E-state index contributed by atoms with van der Waals surface area (Å²) >= 11 is 0. The number of rotatable bonds is 5. The van der Waals surface area contributed by atoms with Crippen LogP contribution >= 0.6 is 0 Å². The van der Waals surface area contributed by atoms with Crippen LogP contribution in [0.25, 0.3) is 22.2 Å². The molecule has 0 radical (unpaired) electrons. The van der Waals surface area contributed by atoms with E-state index in [2.05, 4.69) is 0 Å². The molecule has 0 saturated carbocycles. The van der Waals surface area contributed by atoms with Crippen molar-refractivity contribution in [3.63, 3.8) is 0 Å². The van der Waals surface area contributed by atoms with Gasteiger partial charge in [-0.2, -0.15) is 0 Å². The van der Waals surface area contributed by atoms with Gasteiger partial charge in [0.15, 0.2) is 0 Å². The molecule has 1 saturated heterocycles. The number of carbonyl (C=O) groups is 2. The highest BCUT2D eigenvalue weighted by Gasteiger charge is 2.22. The molecule has 29 heavy (non-hydrogen) atoms. The standard InChI is InChI=1S/C24H25N3O2/c1-17-9-11-18(12-10-17)22-16-20(19-6-3-4-7-21(19)25-22)24(29)26(2)14-15-27-13-5-8-23(27)28/h3-4,6-7,9-12,16H,5,8,13-15H2,1-2H3. The number of likely N-dealkylation sites (N-methyl/N-ethyl adjacent to an activating group) is 1. The van der Waals surface area contributed by atoms with Gasteiger partial charge in [0.25, 0.3) is 5.91 Å². The minimum Gasteiger partial charge on any atom is -0.341 e. The van der Waals surface area contributed by atoms with Crippen molar-refractivity contribution < 1.29 is 9.59 Å². The van der Waals surface area contributed by atoms with E-state index < -0.39 is 0 Å². The predicted molar refractivity (Wildman–Crippen MR) is 115 cm³/mol. The van der Waals surface area contributed by atoms with Gasteiger partial charge in [0.1, 0.15) is 0 Å². The second-order valence-electron chi connectivity index (χ2n) is 7.65. The number of para-hydroxylation sites is 1. The molecule has 4 rings (SSSR count). The number of aromatic nitrogens is 1. The summed E-state index contributed by atoms with van der Waals surface area (Å²) in [5, 5.41) is 0.845. The first-order valence-electron chi connectivity index (χ1n) is 10.0. The summed E-state index contributed by atoms with van der Waals surface area (Å²) < 4.78 is 0. The van der Waals surface area contributed by atoms with E-state index in [-0.39, 0.29) is 11.8 Å². The van der Waals surface area contributed by atoms with Crippen LogP contribution in [0.1, 0.15) is 28.8 Å². The van der Waals surface area contributed by atoms with Gasteiger partial charge in [0.2, 0.25) is 5.91 Å². The average molecular weight is 387 g/mol. The zero-order valence-corrected chi connectivity index (χ0v) is 16.9. The quantitative estimate of drug-likeness (QED) is 0.667. The number of amides is 2. The first-order valence-corrected chi connectivity index (χ1v) is 10.0. The second-order valence-corrected chi connectivity index (χ2v) is 7.65. The highest BCUT2D eigenvalue weighted by molar-refractivity contribution is 6.07. The van der Waals surface area contributed by atoms with E-state index in [9.17, 15) is 9.59 Å². The number of likely N-dealkylation sites (tertiary alicyclic amines) is 1. The van der Waals surface area contributed by atoms with E-state index in [1.807, 2.05) is 66.4 Å². The highest BCUT2D eigenvalue weighted by Crippen LogP contribution is 2.26. The molecule has 1 aliphatic rings. The van der Waals surface area contributed by atoms with Crippen LogP contribution in [0, 0.1) is 6.92 Å². The van der Waals surface area contributed by atoms with E-state index in [4.69, 9.17) is 4.98 Å². The molecule has 0 aliphatic carbocycles. The lowest BCUT2D eigenvalue weighted by molar-refractivity contribution is -0.127. The van der Waals surface area contributed by atoms with Gasteiger partial charge in [-0.1, -0.05) is 48.0 Å². The Morgan fingerprint density at radius 1 is 1.14 bits per heavy atom. The zero-order chi connectivity index (χ0) is 20.4. The molecule has 1 aromatic heterocycles. The molecule has 2 heterocycles. The number of fused-ring (bicyclic) bond motifs is 1. The van der Waals surface area contributed by atoms with Crippen LogP contribution in [-0.2, 0) is 4.79 Å². The fraction of sp³-hybridized carbons (Fsp3) is 0.292. The van der Waals surface area contributed by atoms with Crippen LogP contribution < -0.4 is 0 Å². The molecule has 5 heteroatoms.